The van der Waals surface area contributed by atoms with Crippen LogP contribution >= 0.6 is 11.6 Å². The monoisotopic (exact) mass is 341 g/mol. The van der Waals surface area contributed by atoms with Crippen LogP contribution in [-0.4, -0.2) is 11.0 Å². The molecule has 0 unspecified atom stereocenters. The van der Waals surface area contributed by atoms with Crippen LogP contribution in [0.4, 0.5) is 0 Å². The predicted octanol–water partition coefficient (Wildman–Crippen LogP) is 4.34. The highest BCUT2D eigenvalue weighted by Gasteiger charge is 2.45. The molecule has 2 aliphatic carbocycles. The van der Waals surface area contributed by atoms with Crippen LogP contribution in [0.15, 0.2) is 42.5 Å². The van der Waals surface area contributed by atoms with Gasteiger partial charge in [0.15, 0.2) is 0 Å². The molecule has 2 aliphatic rings. The van der Waals surface area contributed by atoms with Crippen molar-refractivity contribution in [2.45, 2.75) is 37.6 Å². The van der Waals surface area contributed by atoms with Crippen molar-refractivity contribution in [1.29, 1.82) is 0 Å². The number of nitrogens with one attached hydrogen (secondary N) is 1. The van der Waals surface area contributed by atoms with Gasteiger partial charge in [0, 0.05) is 10.9 Å². The number of rotatable bonds is 3. The van der Waals surface area contributed by atoms with Crippen LogP contribution in [-0.2, 0) is 11.2 Å². The summed E-state index contributed by atoms with van der Waals surface area (Å²) in [6.45, 7) is 0. The second-order valence-corrected chi connectivity index (χ2v) is 7.18. The summed E-state index contributed by atoms with van der Waals surface area (Å²) in [5.41, 5.74) is 3.11. The molecule has 2 N–H and O–H groups in total. The number of hydrogen-bond donors (Lipinski definition) is 2. The Bertz CT molecular complexity index is 789. The van der Waals surface area contributed by atoms with Gasteiger partial charge in [-0.05, 0) is 60.4 Å². The highest BCUT2D eigenvalue weighted by atomic mass is 35.5. The number of phenolic OH excluding ortho intramolecular Hbond substituents is 1. The predicted molar refractivity (Wildman–Crippen MR) is 94.2 cm³/mol. The van der Waals surface area contributed by atoms with Gasteiger partial charge in [-0.15, -0.1) is 0 Å². The second-order valence-electron chi connectivity index (χ2n) is 6.77. The Kier molecular flexibility index (Phi) is 3.97. The Morgan fingerprint density at radius 3 is 2.75 bits per heavy atom. The van der Waals surface area contributed by atoms with Crippen molar-refractivity contribution in [3.63, 3.8) is 0 Å². The lowest BCUT2D eigenvalue weighted by molar-refractivity contribution is -0.123. The topological polar surface area (TPSA) is 49.3 Å². The van der Waals surface area contributed by atoms with E-state index in [0.29, 0.717) is 5.75 Å². The third-order valence-electron chi connectivity index (χ3n) is 5.23. The van der Waals surface area contributed by atoms with Crippen LogP contribution in [0.2, 0.25) is 5.02 Å². The quantitative estimate of drug-likeness (QED) is 0.872. The Balaban J connectivity index is 1.47. The van der Waals surface area contributed by atoms with Gasteiger partial charge < -0.3 is 10.4 Å². The van der Waals surface area contributed by atoms with Crippen LogP contribution in [0.25, 0.3) is 0 Å². The standard InChI is InChI=1S/C20H20ClNO2/c21-17-8-2-1-5-12(17)15-11-16(15)20(24)22-18-9-3-7-14-13(18)6-4-10-19(14)23/h1-2,4-6,8,10,15-16,18,23H,3,7,9,11H2,(H,22,24)/t15-,16-,18-/m1/s1. The SMILES string of the molecule is O=C(N[C@@H]1CCCc2c(O)cccc21)[C@@H]1C[C@@H]1c1ccccc1Cl. The van der Waals surface area contributed by atoms with E-state index in [4.69, 9.17) is 11.6 Å². The van der Waals surface area contributed by atoms with E-state index >= 15 is 0 Å². The zero-order valence-corrected chi connectivity index (χ0v) is 14.1. The number of carbonyl (C=O) groups excluding carboxylic acids is 1. The van der Waals surface area contributed by atoms with Gasteiger partial charge in [0.1, 0.15) is 5.75 Å². The fourth-order valence-electron chi connectivity index (χ4n) is 3.86. The minimum Gasteiger partial charge on any atom is -0.508 e. The van der Waals surface area contributed by atoms with Crippen molar-refractivity contribution in [3.8, 4) is 5.75 Å². The third-order valence-corrected chi connectivity index (χ3v) is 5.58. The summed E-state index contributed by atoms with van der Waals surface area (Å²) in [4.78, 5) is 12.6. The number of hydrogen-bond acceptors (Lipinski definition) is 2. The third kappa shape index (κ3) is 2.78. The number of amides is 1. The molecule has 4 rings (SSSR count). The Hall–Kier alpha value is -2.00. The molecule has 3 atom stereocenters. The summed E-state index contributed by atoms with van der Waals surface area (Å²) in [6.07, 6.45) is 3.63. The van der Waals surface area contributed by atoms with Crippen molar-refractivity contribution in [1.82, 2.24) is 5.32 Å². The van der Waals surface area contributed by atoms with Gasteiger partial charge in [0.05, 0.1) is 6.04 Å². The number of benzene rings is 2. The first-order chi connectivity index (χ1) is 11.6. The first-order valence-corrected chi connectivity index (χ1v) is 8.88. The van der Waals surface area contributed by atoms with Crippen LogP contribution in [0, 0.1) is 5.92 Å². The summed E-state index contributed by atoms with van der Waals surface area (Å²) in [7, 11) is 0. The molecule has 124 valence electrons. The van der Waals surface area contributed by atoms with Gasteiger partial charge in [-0.25, -0.2) is 0 Å². The Labute approximate surface area is 146 Å². The molecule has 2 aromatic rings. The highest BCUT2D eigenvalue weighted by Crippen LogP contribution is 2.50. The first kappa shape index (κ1) is 15.5. The molecule has 0 heterocycles. The summed E-state index contributed by atoms with van der Waals surface area (Å²) < 4.78 is 0. The molecule has 0 saturated heterocycles. The van der Waals surface area contributed by atoms with Crippen molar-refractivity contribution in [3.05, 3.63) is 64.2 Å². The minimum atomic E-state index is 0.000783. The lowest BCUT2D eigenvalue weighted by Gasteiger charge is -2.27. The van der Waals surface area contributed by atoms with Gasteiger partial charge in [0.25, 0.3) is 0 Å². The molecule has 0 radical (unpaired) electrons. The number of halogens is 1. The van der Waals surface area contributed by atoms with Crippen molar-refractivity contribution in [2.24, 2.45) is 5.92 Å². The summed E-state index contributed by atoms with van der Waals surface area (Å²) in [5, 5.41) is 14.0. The van der Waals surface area contributed by atoms with Gasteiger partial charge in [-0.3, -0.25) is 4.79 Å². The molecule has 1 amide bonds. The molecule has 24 heavy (non-hydrogen) atoms. The zero-order chi connectivity index (χ0) is 16.7. The normalized spacial score (nSPS) is 25.0. The molecule has 1 fully saturated rings. The second kappa shape index (κ2) is 6.14. The molecule has 1 saturated carbocycles. The molecule has 2 aromatic carbocycles. The van der Waals surface area contributed by atoms with Crippen LogP contribution in [0.1, 0.15) is 47.9 Å². The Morgan fingerprint density at radius 2 is 1.92 bits per heavy atom. The largest absolute Gasteiger partial charge is 0.508 e. The van der Waals surface area contributed by atoms with Crippen molar-refractivity contribution >= 4 is 17.5 Å². The maximum Gasteiger partial charge on any atom is 0.224 e. The van der Waals surface area contributed by atoms with Crippen LogP contribution in [0.5, 0.6) is 5.75 Å². The number of aromatic hydroxyl groups is 1. The van der Waals surface area contributed by atoms with E-state index in [2.05, 4.69) is 5.32 Å². The van der Waals surface area contributed by atoms with E-state index in [-0.39, 0.29) is 23.8 Å². The summed E-state index contributed by atoms with van der Waals surface area (Å²) in [5.74, 6) is 0.673. The lowest BCUT2D eigenvalue weighted by atomic mass is 9.87. The van der Waals surface area contributed by atoms with E-state index in [1.807, 2.05) is 36.4 Å². The van der Waals surface area contributed by atoms with Gasteiger partial charge in [-0.2, -0.15) is 0 Å². The van der Waals surface area contributed by atoms with E-state index in [1.165, 1.54) is 0 Å². The number of carbonyl (C=O) groups is 1. The van der Waals surface area contributed by atoms with E-state index in [9.17, 15) is 9.90 Å². The van der Waals surface area contributed by atoms with E-state index < -0.39 is 0 Å². The van der Waals surface area contributed by atoms with E-state index in [0.717, 1.165) is 47.4 Å². The summed E-state index contributed by atoms with van der Waals surface area (Å²) >= 11 is 6.25. The molecule has 3 nitrogen and oxygen atoms in total. The van der Waals surface area contributed by atoms with Crippen molar-refractivity contribution < 1.29 is 9.90 Å². The maximum atomic E-state index is 12.6. The van der Waals surface area contributed by atoms with Gasteiger partial charge >= 0.3 is 0 Å². The van der Waals surface area contributed by atoms with Gasteiger partial charge in [-0.1, -0.05) is 41.9 Å². The average molecular weight is 342 g/mol. The van der Waals surface area contributed by atoms with Crippen molar-refractivity contribution in [2.75, 3.05) is 0 Å². The molecule has 0 bridgehead atoms. The smallest absolute Gasteiger partial charge is 0.224 e. The zero-order valence-electron chi connectivity index (χ0n) is 13.3. The number of fused-ring (bicyclic) bond motifs is 1. The van der Waals surface area contributed by atoms with E-state index in [1.54, 1.807) is 6.07 Å². The Morgan fingerprint density at radius 1 is 1.12 bits per heavy atom. The lowest BCUT2D eigenvalue weighted by Crippen LogP contribution is -2.32. The summed E-state index contributed by atoms with van der Waals surface area (Å²) in [6, 6.07) is 13.3. The molecular formula is C20H20ClNO2. The fourth-order valence-corrected chi connectivity index (χ4v) is 4.14. The highest BCUT2D eigenvalue weighted by molar-refractivity contribution is 6.31. The molecule has 0 aromatic heterocycles. The fraction of sp³-hybridized carbons (Fsp3) is 0.350. The molecule has 0 aliphatic heterocycles. The minimum absolute atomic E-state index is 0.000783. The maximum absolute atomic E-state index is 12.6. The molecule has 4 heteroatoms. The van der Waals surface area contributed by atoms with Crippen LogP contribution in [0.3, 0.4) is 0 Å². The average Bonchev–Trinajstić information content (AvgIpc) is 3.37. The molecule has 0 spiro atoms. The number of phenols is 1. The first-order valence-electron chi connectivity index (χ1n) is 8.50. The van der Waals surface area contributed by atoms with Gasteiger partial charge in [0.2, 0.25) is 5.91 Å². The molecular weight excluding hydrogens is 322 g/mol. The van der Waals surface area contributed by atoms with Crippen LogP contribution < -0.4 is 5.32 Å².